The monoisotopic (exact) mass is 357 g/mol. The van der Waals surface area contributed by atoms with Crippen LogP contribution in [-0.2, 0) is 5.67 Å². The van der Waals surface area contributed by atoms with Crippen molar-refractivity contribution in [2.45, 2.75) is 38.2 Å². The molecule has 2 aromatic rings. The zero-order valence-electron chi connectivity index (χ0n) is 14.6. The number of nitrogens with zero attached hydrogens (tertiary/aromatic N) is 2. The highest BCUT2D eigenvalue weighted by molar-refractivity contribution is 6.35. The summed E-state index contributed by atoms with van der Waals surface area (Å²) in [4.78, 5) is 0. The molecule has 0 aromatic heterocycles. The van der Waals surface area contributed by atoms with E-state index in [1.807, 2.05) is 43.3 Å². The zero-order chi connectivity index (χ0) is 18.0. The van der Waals surface area contributed by atoms with Crippen molar-refractivity contribution >= 4 is 34.4 Å². The molecule has 2 aromatic carbocycles. The van der Waals surface area contributed by atoms with Gasteiger partial charge >= 0.3 is 0 Å². The van der Waals surface area contributed by atoms with E-state index in [9.17, 15) is 4.39 Å². The number of rotatable bonds is 5. The van der Waals surface area contributed by atoms with Gasteiger partial charge in [0.1, 0.15) is 5.67 Å². The Hall–Kier alpha value is -2.20. The summed E-state index contributed by atoms with van der Waals surface area (Å²) in [5.41, 5.74) is 3.90. The summed E-state index contributed by atoms with van der Waals surface area (Å²) in [6, 6.07) is 15.3. The molecular weight excluding hydrogens is 337 g/mol. The summed E-state index contributed by atoms with van der Waals surface area (Å²) in [5, 5.41) is 11.7. The first-order chi connectivity index (χ1) is 11.8. The number of hydrogen-bond acceptors (Lipinski definition) is 3. The molecule has 130 valence electrons. The van der Waals surface area contributed by atoms with Crippen LogP contribution in [0.15, 0.2) is 58.7 Å². The molecule has 25 heavy (non-hydrogen) atoms. The Balaban J connectivity index is 1.81. The maximum atomic E-state index is 14.0. The molecule has 0 amide bonds. The van der Waals surface area contributed by atoms with Gasteiger partial charge in [-0.25, -0.2) is 4.39 Å². The van der Waals surface area contributed by atoms with Crippen LogP contribution in [0.4, 0.5) is 15.8 Å². The van der Waals surface area contributed by atoms with Gasteiger partial charge in [0.2, 0.25) is 0 Å². The predicted octanol–water partition coefficient (Wildman–Crippen LogP) is 5.81. The summed E-state index contributed by atoms with van der Waals surface area (Å²) in [6.07, 6.45) is 0.651. The molecule has 3 rings (SSSR count). The van der Waals surface area contributed by atoms with Crippen molar-refractivity contribution in [3.63, 3.8) is 0 Å². The second-order valence-corrected chi connectivity index (χ2v) is 7.31. The van der Waals surface area contributed by atoms with Crippen molar-refractivity contribution in [1.29, 1.82) is 0 Å². The summed E-state index contributed by atoms with van der Waals surface area (Å²) < 4.78 is 14.0. The van der Waals surface area contributed by atoms with Crippen LogP contribution in [0.2, 0.25) is 0 Å². The van der Waals surface area contributed by atoms with Gasteiger partial charge < -0.3 is 5.32 Å². The maximum absolute atomic E-state index is 14.0. The molecule has 1 N–H and O–H groups in total. The first-order valence-corrected chi connectivity index (χ1v) is 8.71. The van der Waals surface area contributed by atoms with E-state index in [2.05, 4.69) is 15.5 Å². The van der Waals surface area contributed by atoms with Crippen LogP contribution in [0.5, 0.6) is 0 Å². The van der Waals surface area contributed by atoms with Gasteiger partial charge in [-0.3, -0.25) is 0 Å². The molecule has 0 radical (unpaired) electrons. The molecule has 1 aliphatic heterocycles. The average Bonchev–Trinajstić information content (AvgIpc) is 3.05. The number of hydrogen-bond donors (Lipinski definition) is 1. The zero-order valence-corrected chi connectivity index (χ0v) is 15.3. The van der Waals surface area contributed by atoms with Crippen LogP contribution in [-0.4, -0.2) is 16.8 Å². The second-order valence-electron chi connectivity index (χ2n) is 6.65. The van der Waals surface area contributed by atoms with E-state index >= 15 is 0 Å². The van der Waals surface area contributed by atoms with Gasteiger partial charge in [0.05, 0.1) is 16.8 Å². The minimum atomic E-state index is -1.35. The van der Waals surface area contributed by atoms with Gasteiger partial charge in [0, 0.05) is 23.4 Å². The quantitative estimate of drug-likeness (QED) is 0.673. The second kappa shape index (κ2) is 6.96. The van der Waals surface area contributed by atoms with E-state index < -0.39 is 5.67 Å². The van der Waals surface area contributed by atoms with E-state index in [0.717, 1.165) is 28.4 Å². The number of para-hydroxylation sites is 1. The van der Waals surface area contributed by atoms with Gasteiger partial charge in [-0.2, -0.15) is 10.2 Å². The van der Waals surface area contributed by atoms with E-state index in [4.69, 9.17) is 11.6 Å². The predicted molar refractivity (Wildman–Crippen MR) is 104 cm³/mol. The van der Waals surface area contributed by atoms with Crippen LogP contribution in [0.25, 0.3) is 0 Å². The van der Waals surface area contributed by atoms with Crippen LogP contribution in [0, 0.1) is 0 Å². The summed E-state index contributed by atoms with van der Waals surface area (Å²) in [7, 11) is 0. The topological polar surface area (TPSA) is 36.8 Å². The molecule has 1 unspecified atom stereocenters. The molecule has 5 heteroatoms. The van der Waals surface area contributed by atoms with Gasteiger partial charge in [0.25, 0.3) is 0 Å². The minimum absolute atomic E-state index is 0.127. The number of halogens is 2. The van der Waals surface area contributed by atoms with Crippen molar-refractivity contribution in [3.05, 3.63) is 59.7 Å². The Morgan fingerprint density at radius 3 is 2.36 bits per heavy atom. The van der Waals surface area contributed by atoms with Crippen molar-refractivity contribution in [3.8, 4) is 0 Å². The van der Waals surface area contributed by atoms with Crippen LogP contribution in [0.3, 0.4) is 0 Å². The van der Waals surface area contributed by atoms with E-state index in [1.54, 1.807) is 26.0 Å². The fourth-order valence-corrected chi connectivity index (χ4v) is 2.81. The van der Waals surface area contributed by atoms with E-state index in [-0.39, 0.29) is 5.38 Å². The molecular formula is C20H21ClFN3. The average molecular weight is 358 g/mol. The molecule has 0 spiro atoms. The van der Waals surface area contributed by atoms with E-state index in [1.165, 1.54) is 0 Å². The molecule has 0 aliphatic carbocycles. The van der Waals surface area contributed by atoms with Crippen molar-refractivity contribution in [1.82, 2.24) is 0 Å². The first kappa shape index (κ1) is 17.6. The third-order valence-corrected chi connectivity index (χ3v) is 4.45. The van der Waals surface area contributed by atoms with Gasteiger partial charge in [0.15, 0.2) is 0 Å². The highest BCUT2D eigenvalue weighted by Gasteiger charge is 2.21. The molecule has 1 aliphatic rings. The normalized spacial score (nSPS) is 15.6. The Kier molecular flexibility index (Phi) is 4.91. The number of nitrogens with one attached hydrogen (secondary N) is 1. The fraction of sp³-hybridized carbons (Fsp3) is 0.300. The third-order valence-electron chi connectivity index (χ3n) is 4.20. The lowest BCUT2D eigenvalue weighted by Gasteiger charge is -2.16. The number of anilines is 2. The highest BCUT2D eigenvalue weighted by atomic mass is 35.5. The molecule has 0 saturated carbocycles. The largest absolute Gasteiger partial charge is 0.355 e. The summed E-state index contributed by atoms with van der Waals surface area (Å²) in [6.45, 7) is 5.01. The highest BCUT2D eigenvalue weighted by Crippen LogP contribution is 2.28. The smallest absolute Gasteiger partial charge is 0.130 e. The van der Waals surface area contributed by atoms with E-state index in [0.29, 0.717) is 12.0 Å². The first-order valence-electron chi connectivity index (χ1n) is 8.28. The van der Waals surface area contributed by atoms with Gasteiger partial charge in [-0.05, 0) is 44.5 Å². The van der Waals surface area contributed by atoms with Crippen molar-refractivity contribution in [2.75, 3.05) is 5.32 Å². The van der Waals surface area contributed by atoms with Gasteiger partial charge in [-0.15, -0.1) is 11.6 Å². The SMILES string of the molecule is CC(Cl)C1=NN=C(c2ccccc2Nc2ccc(C(C)(C)F)cc2)C1. The maximum Gasteiger partial charge on any atom is 0.130 e. The van der Waals surface area contributed by atoms with Crippen molar-refractivity contribution in [2.24, 2.45) is 10.2 Å². The van der Waals surface area contributed by atoms with Crippen LogP contribution in [0.1, 0.15) is 38.3 Å². The lowest BCUT2D eigenvalue weighted by molar-refractivity contribution is 0.221. The summed E-state index contributed by atoms with van der Waals surface area (Å²) >= 11 is 6.11. The number of alkyl halides is 2. The van der Waals surface area contributed by atoms with Crippen LogP contribution < -0.4 is 5.32 Å². The van der Waals surface area contributed by atoms with Gasteiger partial charge in [-0.1, -0.05) is 30.3 Å². The summed E-state index contributed by atoms with van der Waals surface area (Å²) in [5.74, 6) is 0. The Bertz CT molecular complexity index is 818. The van der Waals surface area contributed by atoms with Crippen LogP contribution >= 0.6 is 11.6 Å². The molecule has 0 fully saturated rings. The standard InChI is InChI=1S/C20H21ClFN3/c1-13(21)18-12-19(25-24-18)16-6-4-5-7-17(16)23-15-10-8-14(9-11-15)20(2,3)22/h4-11,13,23H,12H2,1-3H3. The molecule has 0 saturated heterocycles. The Morgan fingerprint density at radius 2 is 1.76 bits per heavy atom. The molecule has 3 nitrogen and oxygen atoms in total. The molecule has 1 atom stereocenters. The third kappa shape index (κ3) is 4.07. The fourth-order valence-electron chi connectivity index (χ4n) is 2.69. The van der Waals surface area contributed by atoms with Crippen molar-refractivity contribution < 1.29 is 4.39 Å². The molecule has 1 heterocycles. The lowest BCUT2D eigenvalue weighted by Crippen LogP contribution is -2.13. The minimum Gasteiger partial charge on any atom is -0.355 e. The Labute approximate surface area is 152 Å². The molecule has 0 bridgehead atoms. The number of benzene rings is 2. The lowest BCUT2D eigenvalue weighted by atomic mass is 9.99. The Morgan fingerprint density at radius 1 is 1.08 bits per heavy atom.